The first-order chi connectivity index (χ1) is 11.6. The molecule has 2 aliphatic rings. The molecule has 1 aliphatic heterocycles. The summed E-state index contributed by atoms with van der Waals surface area (Å²) in [6.45, 7) is 6.64. The third-order valence-electron chi connectivity index (χ3n) is 6.15. The summed E-state index contributed by atoms with van der Waals surface area (Å²) in [5.41, 5.74) is 4.10. The largest absolute Gasteiger partial charge is 0.361 e. The van der Waals surface area contributed by atoms with E-state index in [1.807, 2.05) is 4.90 Å². The number of benzene rings is 1. The van der Waals surface area contributed by atoms with E-state index >= 15 is 0 Å². The normalized spacial score (nSPS) is 26.4. The average Bonchev–Trinajstić information content (AvgIpc) is 3.01. The highest BCUT2D eigenvalue weighted by molar-refractivity contribution is 5.88. The van der Waals surface area contributed by atoms with Gasteiger partial charge in [0.1, 0.15) is 0 Å². The fourth-order valence-corrected chi connectivity index (χ4v) is 4.91. The third kappa shape index (κ3) is 2.27. The molecule has 0 spiro atoms. The summed E-state index contributed by atoms with van der Waals surface area (Å²) in [6.07, 6.45) is 4.24. The van der Waals surface area contributed by atoms with Crippen LogP contribution in [0.2, 0.25) is 0 Å². The number of carbonyl (C=O) groups excluding carboxylic acids is 1. The van der Waals surface area contributed by atoms with Crippen LogP contribution in [0.4, 0.5) is 0 Å². The minimum absolute atomic E-state index is 0.117. The van der Waals surface area contributed by atoms with Gasteiger partial charge in [-0.2, -0.15) is 0 Å². The van der Waals surface area contributed by atoms with Crippen molar-refractivity contribution in [3.8, 4) is 0 Å². The lowest BCUT2D eigenvalue weighted by atomic mass is 9.72. The van der Waals surface area contributed by atoms with Crippen molar-refractivity contribution in [2.75, 3.05) is 26.7 Å². The van der Waals surface area contributed by atoms with E-state index in [0.717, 1.165) is 32.5 Å². The zero-order valence-corrected chi connectivity index (χ0v) is 14.9. The highest BCUT2D eigenvalue weighted by Gasteiger charge is 2.41. The van der Waals surface area contributed by atoms with E-state index in [9.17, 15) is 4.79 Å². The maximum atomic E-state index is 12.9. The molecule has 0 bridgehead atoms. The SMILES string of the molecule is CCN(CC)C(=O)C1CC2c3cccc4[nH]cc(c34)CC2N(C)C1. The van der Waals surface area contributed by atoms with Gasteiger partial charge in [0.15, 0.2) is 0 Å². The van der Waals surface area contributed by atoms with E-state index in [1.165, 1.54) is 22.0 Å². The van der Waals surface area contributed by atoms with Gasteiger partial charge in [0.05, 0.1) is 5.92 Å². The number of nitrogens with zero attached hydrogens (tertiary/aromatic N) is 2. The molecule has 2 aromatic rings. The number of fused-ring (bicyclic) bond motifs is 2. The van der Waals surface area contributed by atoms with Crippen LogP contribution in [0.25, 0.3) is 10.9 Å². The fourth-order valence-electron chi connectivity index (χ4n) is 4.91. The second-order valence-electron chi connectivity index (χ2n) is 7.34. The van der Waals surface area contributed by atoms with Crippen LogP contribution in [0, 0.1) is 5.92 Å². The van der Waals surface area contributed by atoms with Gasteiger partial charge in [-0.05, 0) is 50.9 Å². The number of rotatable bonds is 3. The Morgan fingerprint density at radius 1 is 1.33 bits per heavy atom. The van der Waals surface area contributed by atoms with Gasteiger partial charge in [0.2, 0.25) is 5.91 Å². The first kappa shape index (κ1) is 15.7. The van der Waals surface area contributed by atoms with Gasteiger partial charge in [-0.25, -0.2) is 0 Å². The molecular weight excluding hydrogens is 298 g/mol. The number of piperidine rings is 1. The summed E-state index contributed by atoms with van der Waals surface area (Å²) in [6, 6.07) is 7.10. The zero-order chi connectivity index (χ0) is 16.8. The molecule has 3 atom stereocenters. The highest BCUT2D eigenvalue weighted by atomic mass is 16.2. The van der Waals surface area contributed by atoms with Crippen molar-refractivity contribution in [1.29, 1.82) is 0 Å². The van der Waals surface area contributed by atoms with Crippen LogP contribution in [-0.2, 0) is 11.2 Å². The molecule has 0 saturated carbocycles. The Hall–Kier alpha value is -1.81. The summed E-state index contributed by atoms with van der Waals surface area (Å²) in [7, 11) is 2.19. The summed E-state index contributed by atoms with van der Waals surface area (Å²) in [5, 5.41) is 1.41. The van der Waals surface area contributed by atoms with Gasteiger partial charge >= 0.3 is 0 Å². The third-order valence-corrected chi connectivity index (χ3v) is 6.15. The average molecular weight is 325 g/mol. The first-order valence-electron chi connectivity index (χ1n) is 9.21. The molecule has 24 heavy (non-hydrogen) atoms. The summed E-state index contributed by atoms with van der Waals surface area (Å²) in [5.74, 6) is 0.907. The summed E-state index contributed by atoms with van der Waals surface area (Å²) < 4.78 is 0. The maximum absolute atomic E-state index is 12.9. The van der Waals surface area contributed by atoms with Gasteiger partial charge in [-0.3, -0.25) is 4.79 Å². The number of likely N-dealkylation sites (tertiary alicyclic amines) is 1. The molecule has 1 N–H and O–H groups in total. The number of hydrogen-bond donors (Lipinski definition) is 1. The molecule has 1 saturated heterocycles. The maximum Gasteiger partial charge on any atom is 0.226 e. The van der Waals surface area contributed by atoms with E-state index in [0.29, 0.717) is 17.9 Å². The van der Waals surface area contributed by atoms with Crippen LogP contribution in [0.3, 0.4) is 0 Å². The Bertz CT molecular complexity index is 761. The molecule has 1 amide bonds. The van der Waals surface area contributed by atoms with Gasteiger partial charge < -0.3 is 14.8 Å². The molecule has 2 heterocycles. The van der Waals surface area contributed by atoms with Gasteiger partial charge in [-0.1, -0.05) is 12.1 Å². The lowest BCUT2D eigenvalue weighted by Gasteiger charge is -2.45. The molecule has 1 fully saturated rings. The van der Waals surface area contributed by atoms with Gasteiger partial charge in [-0.15, -0.1) is 0 Å². The molecule has 1 aliphatic carbocycles. The molecule has 4 nitrogen and oxygen atoms in total. The number of aromatic amines is 1. The van der Waals surface area contributed by atoms with E-state index in [1.54, 1.807) is 0 Å². The number of amides is 1. The predicted octanol–water partition coefficient (Wildman–Crippen LogP) is 3.00. The van der Waals surface area contributed by atoms with Crippen LogP contribution < -0.4 is 0 Å². The molecule has 0 radical (unpaired) electrons. The Kier molecular flexibility index (Phi) is 3.87. The molecule has 3 unspecified atom stereocenters. The van der Waals surface area contributed by atoms with Crippen LogP contribution in [0.5, 0.6) is 0 Å². The van der Waals surface area contributed by atoms with E-state index in [-0.39, 0.29) is 5.92 Å². The van der Waals surface area contributed by atoms with Crippen LogP contribution >= 0.6 is 0 Å². The minimum atomic E-state index is 0.117. The standard InChI is InChI=1S/C20H27N3O/c1-4-23(5-2)20(24)14-9-16-15-7-6-8-17-19(15)13(11-21-17)10-18(16)22(3)12-14/h6-8,11,14,16,18,21H,4-5,9-10,12H2,1-3H3. The number of hydrogen-bond acceptors (Lipinski definition) is 2. The molecule has 1 aromatic heterocycles. The Labute approximate surface area is 143 Å². The Morgan fingerprint density at radius 3 is 2.88 bits per heavy atom. The van der Waals surface area contributed by atoms with Crippen LogP contribution in [0.1, 0.15) is 37.3 Å². The van der Waals surface area contributed by atoms with Crippen LogP contribution in [0.15, 0.2) is 24.4 Å². The second kappa shape index (κ2) is 5.92. The summed E-state index contributed by atoms with van der Waals surface area (Å²) in [4.78, 5) is 20.7. The quantitative estimate of drug-likeness (QED) is 0.942. The van der Waals surface area contributed by atoms with E-state index < -0.39 is 0 Å². The van der Waals surface area contributed by atoms with Crippen molar-refractivity contribution >= 4 is 16.8 Å². The lowest BCUT2D eigenvalue weighted by Crippen LogP contribution is -2.52. The van der Waals surface area contributed by atoms with Gasteiger partial charge in [0.25, 0.3) is 0 Å². The minimum Gasteiger partial charge on any atom is -0.361 e. The van der Waals surface area contributed by atoms with Crippen molar-refractivity contribution in [2.24, 2.45) is 5.92 Å². The number of likely N-dealkylation sites (N-methyl/N-ethyl adjacent to an activating group) is 1. The molecule has 4 rings (SSSR count). The van der Waals surface area contributed by atoms with Crippen LogP contribution in [-0.4, -0.2) is 53.4 Å². The number of aromatic nitrogens is 1. The summed E-state index contributed by atoms with van der Waals surface area (Å²) >= 11 is 0. The molecular formula is C20H27N3O. The zero-order valence-electron chi connectivity index (χ0n) is 14.9. The second-order valence-corrected chi connectivity index (χ2v) is 7.34. The first-order valence-corrected chi connectivity index (χ1v) is 9.21. The highest BCUT2D eigenvalue weighted by Crippen LogP contribution is 2.44. The van der Waals surface area contributed by atoms with E-state index in [2.05, 4.69) is 55.2 Å². The smallest absolute Gasteiger partial charge is 0.226 e. The van der Waals surface area contributed by atoms with Crippen molar-refractivity contribution in [3.63, 3.8) is 0 Å². The van der Waals surface area contributed by atoms with Crippen molar-refractivity contribution in [3.05, 3.63) is 35.5 Å². The van der Waals surface area contributed by atoms with Crippen molar-refractivity contribution in [2.45, 2.75) is 38.6 Å². The number of H-pyrrole nitrogens is 1. The monoisotopic (exact) mass is 325 g/mol. The van der Waals surface area contributed by atoms with Crippen molar-refractivity contribution < 1.29 is 4.79 Å². The lowest BCUT2D eigenvalue weighted by molar-refractivity contribution is -0.137. The Balaban J connectivity index is 1.70. The number of carbonyl (C=O) groups is 1. The van der Waals surface area contributed by atoms with Crippen molar-refractivity contribution in [1.82, 2.24) is 14.8 Å². The molecule has 4 heteroatoms. The van der Waals surface area contributed by atoms with Gasteiger partial charge in [0, 0.05) is 48.7 Å². The molecule has 128 valence electrons. The topological polar surface area (TPSA) is 39.3 Å². The molecule has 1 aromatic carbocycles. The van der Waals surface area contributed by atoms with E-state index in [4.69, 9.17) is 0 Å². The Morgan fingerprint density at radius 2 is 2.12 bits per heavy atom. The fraction of sp³-hybridized carbons (Fsp3) is 0.550. The number of nitrogens with one attached hydrogen (secondary N) is 1. The predicted molar refractivity (Wildman–Crippen MR) is 97.2 cm³/mol.